The number of hydrogen-bond donors (Lipinski definition) is 2. The third-order valence-corrected chi connectivity index (χ3v) is 7.21. The Hall–Kier alpha value is -4.21. The molecule has 0 unspecified atom stereocenters. The predicted octanol–water partition coefficient (Wildman–Crippen LogP) is 3.18. The van der Waals surface area contributed by atoms with Crippen LogP contribution in [0.4, 0.5) is 9.18 Å². The fourth-order valence-corrected chi connectivity index (χ4v) is 5.37. The quantitative estimate of drug-likeness (QED) is 0.428. The SMILES string of the molecule is COc1ccc2c(c1F)C(=O)N(C[C@@]1(c3cc4cc5c(cc4o3)C(=O)CCCC5)NC(=O)NC1=O)C2. The molecule has 0 spiro atoms. The standard InChI is InChI=1S/C26H22FN3O6/c1-35-18-7-6-14-11-30(23(32)21(14)22(18)27)12-26(24(33)28-25(34)29-26)20-9-15-8-13-4-2-3-5-17(31)16(13)10-19(15)36-20/h6-10H,2-5,11-12H2,1H3,(H2,28,29,33,34)/t26-/m0/s1. The van der Waals surface area contributed by atoms with Gasteiger partial charge in [-0.3, -0.25) is 19.7 Å². The Morgan fingerprint density at radius 1 is 1.08 bits per heavy atom. The molecule has 1 atom stereocenters. The van der Waals surface area contributed by atoms with Crippen LogP contribution in [-0.2, 0) is 23.3 Å². The predicted molar refractivity (Wildman–Crippen MR) is 124 cm³/mol. The monoisotopic (exact) mass is 491 g/mol. The highest BCUT2D eigenvalue weighted by molar-refractivity contribution is 6.08. The number of hydrogen-bond acceptors (Lipinski definition) is 6. The number of amides is 4. The lowest BCUT2D eigenvalue weighted by Gasteiger charge is -2.29. The number of benzene rings is 2. The van der Waals surface area contributed by atoms with E-state index >= 15 is 0 Å². The van der Waals surface area contributed by atoms with E-state index in [0.29, 0.717) is 28.5 Å². The highest BCUT2D eigenvalue weighted by Crippen LogP contribution is 2.37. The van der Waals surface area contributed by atoms with E-state index in [2.05, 4.69) is 10.6 Å². The molecule has 36 heavy (non-hydrogen) atoms. The molecule has 1 saturated heterocycles. The number of halogens is 1. The van der Waals surface area contributed by atoms with Crippen molar-refractivity contribution in [1.29, 1.82) is 0 Å². The van der Waals surface area contributed by atoms with E-state index in [1.165, 1.54) is 18.1 Å². The summed E-state index contributed by atoms with van der Waals surface area (Å²) < 4.78 is 25.9. The van der Waals surface area contributed by atoms with Crippen molar-refractivity contribution in [3.63, 3.8) is 0 Å². The molecule has 1 aliphatic carbocycles. The molecule has 0 saturated carbocycles. The summed E-state index contributed by atoms with van der Waals surface area (Å²) in [5, 5.41) is 5.53. The van der Waals surface area contributed by atoms with Gasteiger partial charge in [0.1, 0.15) is 11.3 Å². The number of methoxy groups -OCH3 is 1. The average molecular weight is 491 g/mol. The van der Waals surface area contributed by atoms with Crippen molar-refractivity contribution in [3.8, 4) is 5.75 Å². The minimum absolute atomic E-state index is 0.0434. The number of furan rings is 1. The lowest BCUT2D eigenvalue weighted by molar-refractivity contribution is -0.125. The summed E-state index contributed by atoms with van der Waals surface area (Å²) in [4.78, 5) is 52.4. The molecule has 1 aromatic heterocycles. The summed E-state index contributed by atoms with van der Waals surface area (Å²) >= 11 is 0. The van der Waals surface area contributed by atoms with Crippen LogP contribution in [0.2, 0.25) is 0 Å². The molecule has 2 N–H and O–H groups in total. The normalized spacial score (nSPS) is 21.3. The van der Waals surface area contributed by atoms with Crippen molar-refractivity contribution >= 4 is 34.6 Å². The molecule has 2 aliphatic heterocycles. The van der Waals surface area contributed by atoms with Gasteiger partial charge in [0.2, 0.25) is 0 Å². The van der Waals surface area contributed by atoms with E-state index in [1.807, 2.05) is 6.07 Å². The van der Waals surface area contributed by atoms with E-state index in [0.717, 1.165) is 24.8 Å². The van der Waals surface area contributed by atoms with Crippen LogP contribution in [-0.4, -0.2) is 42.2 Å². The second kappa shape index (κ2) is 7.91. The molecule has 184 valence electrons. The van der Waals surface area contributed by atoms with Gasteiger partial charge in [-0.15, -0.1) is 0 Å². The van der Waals surface area contributed by atoms with Gasteiger partial charge in [0.25, 0.3) is 11.8 Å². The van der Waals surface area contributed by atoms with Gasteiger partial charge in [-0.05, 0) is 54.7 Å². The molecule has 3 aromatic rings. The fourth-order valence-electron chi connectivity index (χ4n) is 5.37. The van der Waals surface area contributed by atoms with Gasteiger partial charge < -0.3 is 19.4 Å². The Morgan fingerprint density at radius 3 is 2.64 bits per heavy atom. The summed E-state index contributed by atoms with van der Waals surface area (Å²) in [6, 6.07) is 7.51. The number of ketones is 1. The molecule has 3 heterocycles. The average Bonchev–Trinajstić information content (AvgIpc) is 3.45. The lowest BCUT2D eigenvalue weighted by atomic mass is 9.94. The van der Waals surface area contributed by atoms with Crippen molar-refractivity contribution in [1.82, 2.24) is 15.5 Å². The van der Waals surface area contributed by atoms with Crippen LogP contribution in [0.5, 0.6) is 5.75 Å². The first kappa shape index (κ1) is 22.3. The second-order valence-corrected chi connectivity index (χ2v) is 9.38. The van der Waals surface area contributed by atoms with Crippen LogP contribution < -0.4 is 15.4 Å². The molecule has 3 aliphatic rings. The maximum absolute atomic E-state index is 14.8. The zero-order chi connectivity index (χ0) is 25.2. The number of imide groups is 1. The van der Waals surface area contributed by atoms with Crippen LogP contribution in [0.3, 0.4) is 0 Å². The minimum Gasteiger partial charge on any atom is -0.494 e. The van der Waals surface area contributed by atoms with Crippen LogP contribution >= 0.6 is 0 Å². The highest BCUT2D eigenvalue weighted by Gasteiger charge is 2.53. The molecule has 2 aromatic carbocycles. The molecule has 4 amide bonds. The molecule has 1 fully saturated rings. The van der Waals surface area contributed by atoms with Crippen molar-refractivity contribution in [3.05, 3.63) is 64.2 Å². The summed E-state index contributed by atoms with van der Waals surface area (Å²) in [5.41, 5.74) is 0.520. The summed E-state index contributed by atoms with van der Waals surface area (Å²) in [6.45, 7) is -0.235. The number of nitrogens with zero attached hydrogens (tertiary/aromatic N) is 1. The lowest BCUT2D eigenvalue weighted by Crippen LogP contribution is -2.52. The van der Waals surface area contributed by atoms with E-state index in [-0.39, 0.29) is 35.9 Å². The Labute approximate surface area is 204 Å². The molecule has 10 heteroatoms. The second-order valence-electron chi connectivity index (χ2n) is 9.38. The Kier molecular flexibility index (Phi) is 4.89. The van der Waals surface area contributed by atoms with Gasteiger partial charge in [0.15, 0.2) is 22.9 Å². The summed E-state index contributed by atoms with van der Waals surface area (Å²) in [7, 11) is 1.31. The van der Waals surface area contributed by atoms with E-state index in [9.17, 15) is 23.6 Å². The number of fused-ring (bicyclic) bond motifs is 3. The molecule has 9 nitrogen and oxygen atoms in total. The highest BCUT2D eigenvalue weighted by atomic mass is 19.1. The molecule has 0 bridgehead atoms. The molecular formula is C26H22FN3O6. The van der Waals surface area contributed by atoms with Crippen LogP contribution in [0, 0.1) is 5.82 Å². The van der Waals surface area contributed by atoms with E-state index < -0.39 is 29.2 Å². The number of ether oxygens (including phenoxy) is 1. The fraction of sp³-hybridized carbons (Fsp3) is 0.308. The van der Waals surface area contributed by atoms with Gasteiger partial charge in [0, 0.05) is 23.9 Å². The number of urea groups is 1. The first-order chi connectivity index (χ1) is 17.3. The summed E-state index contributed by atoms with van der Waals surface area (Å²) in [5.74, 6) is -1.98. The number of carbonyl (C=O) groups excluding carboxylic acids is 4. The topological polar surface area (TPSA) is 118 Å². The Bertz CT molecular complexity index is 1490. The Morgan fingerprint density at radius 2 is 1.89 bits per heavy atom. The van der Waals surface area contributed by atoms with Crippen molar-refractivity contribution in [2.75, 3.05) is 13.7 Å². The zero-order valence-corrected chi connectivity index (χ0v) is 19.4. The van der Waals surface area contributed by atoms with E-state index in [1.54, 1.807) is 18.2 Å². The van der Waals surface area contributed by atoms with Gasteiger partial charge in [-0.2, -0.15) is 0 Å². The van der Waals surface area contributed by atoms with Crippen LogP contribution in [0.15, 0.2) is 34.7 Å². The smallest absolute Gasteiger partial charge is 0.322 e. The number of aryl methyl sites for hydroxylation is 1. The third-order valence-electron chi connectivity index (χ3n) is 7.21. The number of nitrogens with one attached hydrogen (secondary N) is 2. The number of Topliss-reactive ketones (excluding diaryl/α,β-unsaturated/α-hetero) is 1. The largest absolute Gasteiger partial charge is 0.494 e. The van der Waals surface area contributed by atoms with Crippen molar-refractivity contribution in [2.24, 2.45) is 0 Å². The number of rotatable bonds is 4. The first-order valence-corrected chi connectivity index (χ1v) is 11.7. The van der Waals surface area contributed by atoms with Gasteiger partial charge in [0.05, 0.1) is 19.2 Å². The maximum atomic E-state index is 14.8. The van der Waals surface area contributed by atoms with Gasteiger partial charge >= 0.3 is 6.03 Å². The molecule has 6 rings (SSSR count). The summed E-state index contributed by atoms with van der Waals surface area (Å²) in [6.07, 6.45) is 2.95. The van der Waals surface area contributed by atoms with E-state index in [4.69, 9.17) is 9.15 Å². The zero-order valence-electron chi connectivity index (χ0n) is 19.4. The van der Waals surface area contributed by atoms with Crippen LogP contribution in [0.25, 0.3) is 11.0 Å². The first-order valence-electron chi connectivity index (χ1n) is 11.7. The Balaban J connectivity index is 1.41. The van der Waals surface area contributed by atoms with Crippen molar-refractivity contribution in [2.45, 2.75) is 37.8 Å². The minimum atomic E-state index is -1.73. The van der Waals surface area contributed by atoms with Gasteiger partial charge in [-0.1, -0.05) is 6.07 Å². The van der Waals surface area contributed by atoms with Crippen molar-refractivity contribution < 1.29 is 32.7 Å². The maximum Gasteiger partial charge on any atom is 0.322 e. The van der Waals surface area contributed by atoms with Gasteiger partial charge in [-0.25, -0.2) is 9.18 Å². The molecular weight excluding hydrogens is 469 g/mol. The molecule has 0 radical (unpaired) electrons. The number of carbonyl (C=O) groups is 4. The van der Waals surface area contributed by atoms with Crippen LogP contribution in [0.1, 0.15) is 56.9 Å². The third kappa shape index (κ3) is 3.20.